The van der Waals surface area contributed by atoms with Gasteiger partial charge in [0.2, 0.25) is 0 Å². The van der Waals surface area contributed by atoms with Crippen LogP contribution in [-0.4, -0.2) is 19.3 Å². The van der Waals surface area contributed by atoms with E-state index in [1.54, 1.807) is 0 Å². The van der Waals surface area contributed by atoms with Crippen LogP contribution in [0.2, 0.25) is 0 Å². The van der Waals surface area contributed by atoms with E-state index in [-0.39, 0.29) is 12.1 Å². The van der Waals surface area contributed by atoms with E-state index in [9.17, 15) is 0 Å². The molecule has 1 aromatic rings. The number of ether oxygens (including phenoxy) is 1. The number of rotatable bonds is 9. The highest BCUT2D eigenvalue weighted by Crippen LogP contribution is 2.21. The standard InChI is InChI=1S/C17H29NO/c1-5-9-15-10-8-11-16(13-15)17(18-12-6-2)14(4)19-7-3/h8,10-11,13-14,17-18H,5-7,9,12H2,1-4H3. The van der Waals surface area contributed by atoms with Crippen LogP contribution >= 0.6 is 0 Å². The van der Waals surface area contributed by atoms with Gasteiger partial charge >= 0.3 is 0 Å². The van der Waals surface area contributed by atoms with Gasteiger partial charge in [-0.15, -0.1) is 0 Å². The summed E-state index contributed by atoms with van der Waals surface area (Å²) in [7, 11) is 0. The van der Waals surface area contributed by atoms with Gasteiger partial charge in [-0.1, -0.05) is 44.5 Å². The molecular formula is C17H29NO. The van der Waals surface area contributed by atoms with Gasteiger partial charge in [0.05, 0.1) is 12.1 Å². The predicted octanol–water partition coefficient (Wildman–Crippen LogP) is 4.10. The molecule has 2 nitrogen and oxygen atoms in total. The van der Waals surface area contributed by atoms with Crippen molar-refractivity contribution in [2.45, 2.75) is 59.1 Å². The van der Waals surface area contributed by atoms with Crippen LogP contribution in [-0.2, 0) is 11.2 Å². The second-order valence-corrected chi connectivity index (χ2v) is 5.09. The van der Waals surface area contributed by atoms with Crippen LogP contribution < -0.4 is 5.32 Å². The Kier molecular flexibility index (Phi) is 7.76. The van der Waals surface area contributed by atoms with Gasteiger partial charge in [0, 0.05) is 6.61 Å². The Bertz CT molecular complexity index is 351. The molecule has 2 heteroatoms. The zero-order valence-corrected chi connectivity index (χ0v) is 12.9. The molecule has 0 radical (unpaired) electrons. The average Bonchev–Trinajstić information content (AvgIpc) is 2.40. The molecule has 0 saturated carbocycles. The zero-order chi connectivity index (χ0) is 14.1. The van der Waals surface area contributed by atoms with Gasteiger partial charge in [0.25, 0.3) is 0 Å². The van der Waals surface area contributed by atoms with Gasteiger partial charge in [-0.25, -0.2) is 0 Å². The number of nitrogens with one attached hydrogen (secondary N) is 1. The maximum atomic E-state index is 5.79. The largest absolute Gasteiger partial charge is 0.377 e. The van der Waals surface area contributed by atoms with Crippen LogP contribution in [0.15, 0.2) is 24.3 Å². The van der Waals surface area contributed by atoms with E-state index in [0.29, 0.717) is 0 Å². The first-order valence-electron chi connectivity index (χ1n) is 7.66. The molecule has 0 amide bonds. The topological polar surface area (TPSA) is 21.3 Å². The molecule has 2 atom stereocenters. The number of hydrogen-bond donors (Lipinski definition) is 1. The fourth-order valence-corrected chi connectivity index (χ4v) is 2.44. The molecule has 1 rings (SSSR count). The van der Waals surface area contributed by atoms with Crippen molar-refractivity contribution >= 4 is 0 Å². The van der Waals surface area contributed by atoms with Crippen molar-refractivity contribution in [3.05, 3.63) is 35.4 Å². The molecule has 0 saturated heterocycles. The molecule has 0 aliphatic heterocycles. The Balaban J connectivity index is 2.85. The Morgan fingerprint density at radius 1 is 1.16 bits per heavy atom. The second-order valence-electron chi connectivity index (χ2n) is 5.09. The lowest BCUT2D eigenvalue weighted by Gasteiger charge is -2.26. The smallest absolute Gasteiger partial charge is 0.0741 e. The lowest BCUT2D eigenvalue weighted by atomic mass is 9.98. The Morgan fingerprint density at radius 2 is 1.95 bits per heavy atom. The molecule has 1 aromatic carbocycles. The Morgan fingerprint density at radius 3 is 2.58 bits per heavy atom. The fraction of sp³-hybridized carbons (Fsp3) is 0.647. The minimum Gasteiger partial charge on any atom is -0.377 e. The SMILES string of the molecule is CCCNC(c1cccc(CCC)c1)C(C)OCC. The third kappa shape index (κ3) is 5.33. The van der Waals surface area contributed by atoms with Crippen LogP contribution in [0.25, 0.3) is 0 Å². The molecule has 0 aliphatic rings. The van der Waals surface area contributed by atoms with E-state index in [1.165, 1.54) is 17.5 Å². The molecule has 0 bridgehead atoms. The summed E-state index contributed by atoms with van der Waals surface area (Å²) in [5, 5.41) is 3.61. The molecule has 19 heavy (non-hydrogen) atoms. The highest BCUT2D eigenvalue weighted by atomic mass is 16.5. The van der Waals surface area contributed by atoms with E-state index in [0.717, 1.165) is 26.0 Å². The number of benzene rings is 1. The zero-order valence-electron chi connectivity index (χ0n) is 12.9. The van der Waals surface area contributed by atoms with Crippen LogP contribution in [0.3, 0.4) is 0 Å². The molecule has 1 N–H and O–H groups in total. The first-order valence-corrected chi connectivity index (χ1v) is 7.66. The summed E-state index contributed by atoms with van der Waals surface area (Å²) in [6, 6.07) is 9.21. The van der Waals surface area contributed by atoms with Gasteiger partial charge in [-0.2, -0.15) is 0 Å². The summed E-state index contributed by atoms with van der Waals surface area (Å²) < 4.78 is 5.79. The summed E-state index contributed by atoms with van der Waals surface area (Å²) in [6.07, 6.45) is 3.69. The third-order valence-electron chi connectivity index (χ3n) is 3.36. The molecule has 0 spiro atoms. The van der Waals surface area contributed by atoms with E-state index in [4.69, 9.17) is 4.74 Å². The first kappa shape index (κ1) is 16.2. The van der Waals surface area contributed by atoms with Gasteiger partial charge in [-0.3, -0.25) is 0 Å². The van der Waals surface area contributed by atoms with E-state index >= 15 is 0 Å². The van der Waals surface area contributed by atoms with Gasteiger partial charge in [-0.05, 0) is 44.4 Å². The Labute approximate surface area is 118 Å². The molecule has 0 fully saturated rings. The second kappa shape index (κ2) is 9.11. The summed E-state index contributed by atoms with van der Waals surface area (Å²) in [5.74, 6) is 0. The van der Waals surface area contributed by atoms with Crippen LogP contribution in [0.4, 0.5) is 0 Å². The first-order chi connectivity index (χ1) is 9.22. The van der Waals surface area contributed by atoms with Crippen molar-refractivity contribution in [2.24, 2.45) is 0 Å². The average molecular weight is 263 g/mol. The van der Waals surface area contributed by atoms with Crippen LogP contribution in [0.5, 0.6) is 0 Å². The van der Waals surface area contributed by atoms with Crippen LogP contribution in [0.1, 0.15) is 57.7 Å². The van der Waals surface area contributed by atoms with E-state index < -0.39 is 0 Å². The minimum atomic E-state index is 0.202. The monoisotopic (exact) mass is 263 g/mol. The predicted molar refractivity (Wildman–Crippen MR) is 82.6 cm³/mol. The van der Waals surface area contributed by atoms with Crippen molar-refractivity contribution in [1.82, 2.24) is 5.32 Å². The van der Waals surface area contributed by atoms with Gasteiger partial charge in [0.1, 0.15) is 0 Å². The van der Waals surface area contributed by atoms with Crippen molar-refractivity contribution in [3.63, 3.8) is 0 Å². The molecule has 108 valence electrons. The molecule has 0 aromatic heterocycles. The van der Waals surface area contributed by atoms with Gasteiger partial charge < -0.3 is 10.1 Å². The minimum absolute atomic E-state index is 0.202. The quantitative estimate of drug-likeness (QED) is 0.724. The molecule has 0 heterocycles. The molecule has 0 aliphatic carbocycles. The third-order valence-corrected chi connectivity index (χ3v) is 3.36. The maximum absolute atomic E-state index is 5.79. The summed E-state index contributed by atoms with van der Waals surface area (Å²) >= 11 is 0. The summed E-state index contributed by atoms with van der Waals surface area (Å²) in [6.45, 7) is 10.4. The van der Waals surface area contributed by atoms with Gasteiger partial charge in [0.15, 0.2) is 0 Å². The van der Waals surface area contributed by atoms with Crippen LogP contribution in [0, 0.1) is 0 Å². The summed E-state index contributed by atoms with van der Waals surface area (Å²) in [5.41, 5.74) is 2.77. The molecular weight excluding hydrogens is 234 g/mol. The Hall–Kier alpha value is -0.860. The normalized spacial score (nSPS) is 14.3. The molecule has 2 unspecified atom stereocenters. The van der Waals surface area contributed by atoms with Crippen molar-refractivity contribution in [2.75, 3.05) is 13.2 Å². The highest BCUT2D eigenvalue weighted by molar-refractivity contribution is 5.27. The summed E-state index contributed by atoms with van der Waals surface area (Å²) in [4.78, 5) is 0. The van der Waals surface area contributed by atoms with Crippen molar-refractivity contribution in [3.8, 4) is 0 Å². The fourth-order valence-electron chi connectivity index (χ4n) is 2.44. The van der Waals surface area contributed by atoms with E-state index in [1.807, 2.05) is 0 Å². The number of aryl methyl sites for hydroxylation is 1. The maximum Gasteiger partial charge on any atom is 0.0741 e. The lowest BCUT2D eigenvalue weighted by molar-refractivity contribution is 0.0472. The lowest BCUT2D eigenvalue weighted by Crippen LogP contribution is -2.32. The van der Waals surface area contributed by atoms with E-state index in [2.05, 4.69) is 57.3 Å². The van der Waals surface area contributed by atoms with Crippen molar-refractivity contribution in [1.29, 1.82) is 0 Å². The highest BCUT2D eigenvalue weighted by Gasteiger charge is 2.18. The van der Waals surface area contributed by atoms with Crippen molar-refractivity contribution < 1.29 is 4.74 Å². The number of hydrogen-bond acceptors (Lipinski definition) is 2.